The Morgan fingerprint density at radius 1 is 1.44 bits per heavy atom. The van der Waals surface area contributed by atoms with Crippen molar-refractivity contribution >= 4 is 5.69 Å². The van der Waals surface area contributed by atoms with E-state index in [0.29, 0.717) is 0 Å². The van der Waals surface area contributed by atoms with Gasteiger partial charge in [-0.1, -0.05) is 18.2 Å². The van der Waals surface area contributed by atoms with Crippen molar-refractivity contribution in [2.24, 2.45) is 0 Å². The summed E-state index contributed by atoms with van der Waals surface area (Å²) in [7, 11) is 4.01. The Balaban J connectivity index is 0.000000810. The Morgan fingerprint density at radius 2 is 2.22 bits per heavy atom. The highest BCUT2D eigenvalue weighted by Gasteiger charge is 1.88. The standard InChI is InChI=1S/C8H10N/c1-9(2)8-6-4-3-5-7-8/h3-6H,1-2H3/p+1. The van der Waals surface area contributed by atoms with Crippen LogP contribution in [0.5, 0.6) is 0 Å². The molecule has 1 rings (SSSR count). The Kier molecular flexibility index (Phi) is 1.73. The molecule has 0 aliphatic rings. The Labute approximate surface area is 57.4 Å². The predicted octanol–water partition coefficient (Wildman–Crippen LogP) is 1.67. The van der Waals surface area contributed by atoms with Crippen molar-refractivity contribution in [3.8, 4) is 0 Å². The normalized spacial score (nSPS) is 9.11. The second-order valence-corrected chi connectivity index (χ2v) is 2.14. The van der Waals surface area contributed by atoms with Gasteiger partial charge in [-0.05, 0) is 6.07 Å². The molecule has 0 heterocycles. The molecule has 0 fully saturated rings. The van der Waals surface area contributed by atoms with Crippen LogP contribution in [0.25, 0.3) is 0 Å². The van der Waals surface area contributed by atoms with Crippen molar-refractivity contribution in [2.75, 3.05) is 19.0 Å². The Bertz CT molecular complexity index is 172. The first kappa shape index (κ1) is 6.14. The van der Waals surface area contributed by atoms with Gasteiger partial charge in [0.15, 0.2) is 0 Å². The third-order valence-electron chi connectivity index (χ3n) is 1.17. The predicted molar refractivity (Wildman–Crippen MR) is 40.7 cm³/mol. The van der Waals surface area contributed by atoms with Crippen LogP contribution < -0.4 is 4.90 Å². The lowest BCUT2D eigenvalue weighted by molar-refractivity contribution is 1.13. The minimum atomic E-state index is 0. The summed E-state index contributed by atoms with van der Waals surface area (Å²) < 4.78 is 0. The summed E-state index contributed by atoms with van der Waals surface area (Å²) in [6.07, 6.45) is 0. The second-order valence-electron chi connectivity index (χ2n) is 2.14. The van der Waals surface area contributed by atoms with E-state index in [1.807, 2.05) is 43.3 Å². The highest BCUT2D eigenvalue weighted by Crippen LogP contribution is 2.06. The minimum absolute atomic E-state index is 0. The number of para-hydroxylation sites is 1. The molecule has 0 aliphatic heterocycles. The van der Waals surface area contributed by atoms with Gasteiger partial charge in [0.1, 0.15) is 0 Å². The first-order valence-corrected chi connectivity index (χ1v) is 2.95. The smallest absolute Gasteiger partial charge is 0.377 e. The molecule has 0 aromatic heterocycles. The average Bonchev–Trinajstić information content (AvgIpc) is 1.90. The van der Waals surface area contributed by atoms with E-state index < -0.39 is 0 Å². The minimum Gasteiger partial charge on any atom is -0.377 e. The molecule has 1 aromatic carbocycles. The van der Waals surface area contributed by atoms with Crippen LogP contribution >= 0.6 is 0 Å². The van der Waals surface area contributed by atoms with Crippen LogP contribution in [0.2, 0.25) is 0 Å². The molecule has 0 N–H and O–H groups in total. The number of anilines is 1. The van der Waals surface area contributed by atoms with Crippen molar-refractivity contribution in [1.82, 2.24) is 0 Å². The van der Waals surface area contributed by atoms with E-state index in [-0.39, 0.29) is 1.43 Å². The number of benzene rings is 1. The molecule has 0 aliphatic carbocycles. The van der Waals surface area contributed by atoms with E-state index in [0.717, 1.165) is 5.69 Å². The number of rotatable bonds is 1. The van der Waals surface area contributed by atoms with Crippen molar-refractivity contribution in [2.45, 2.75) is 0 Å². The van der Waals surface area contributed by atoms with E-state index >= 15 is 0 Å². The molecule has 0 amide bonds. The van der Waals surface area contributed by atoms with E-state index in [4.69, 9.17) is 0 Å². The third kappa shape index (κ3) is 1.46. The number of hydrogen-bond acceptors (Lipinski definition) is 1. The van der Waals surface area contributed by atoms with Gasteiger partial charge >= 0.3 is 1.43 Å². The average molecular weight is 121 g/mol. The van der Waals surface area contributed by atoms with Crippen LogP contribution in [0.15, 0.2) is 24.3 Å². The summed E-state index contributed by atoms with van der Waals surface area (Å²) in [5, 5.41) is 0. The van der Waals surface area contributed by atoms with Gasteiger partial charge in [-0.2, -0.15) is 0 Å². The van der Waals surface area contributed by atoms with Gasteiger partial charge in [0, 0.05) is 25.8 Å². The van der Waals surface area contributed by atoms with Crippen LogP contribution in [0.1, 0.15) is 1.43 Å². The summed E-state index contributed by atoms with van der Waals surface area (Å²) in [4.78, 5) is 2.03. The number of nitrogens with zero attached hydrogens (tertiary/aromatic N) is 1. The first-order valence-electron chi connectivity index (χ1n) is 2.95. The maximum atomic E-state index is 3.09. The summed E-state index contributed by atoms with van der Waals surface area (Å²) in [5.74, 6) is 0. The van der Waals surface area contributed by atoms with Gasteiger partial charge < -0.3 is 4.90 Å². The van der Waals surface area contributed by atoms with Crippen molar-refractivity contribution < 1.29 is 1.43 Å². The van der Waals surface area contributed by atoms with Gasteiger partial charge in [0.2, 0.25) is 0 Å². The van der Waals surface area contributed by atoms with E-state index in [9.17, 15) is 0 Å². The van der Waals surface area contributed by atoms with Crippen LogP contribution in [-0.4, -0.2) is 14.1 Å². The van der Waals surface area contributed by atoms with Crippen molar-refractivity contribution in [3.63, 3.8) is 0 Å². The zero-order valence-corrected chi connectivity index (χ0v) is 5.76. The van der Waals surface area contributed by atoms with Crippen molar-refractivity contribution in [1.29, 1.82) is 0 Å². The van der Waals surface area contributed by atoms with Crippen molar-refractivity contribution in [3.05, 3.63) is 30.3 Å². The Hall–Kier alpha value is -0.980. The van der Waals surface area contributed by atoms with Crippen LogP contribution in [0.4, 0.5) is 5.69 Å². The third-order valence-corrected chi connectivity index (χ3v) is 1.17. The fourth-order valence-corrected chi connectivity index (χ4v) is 0.662. The lowest BCUT2D eigenvalue weighted by Crippen LogP contribution is -2.07. The topological polar surface area (TPSA) is 3.24 Å². The SMILES string of the molecule is CN(C)c1[c]cccc1.[H+]. The largest absolute Gasteiger partial charge is 1.00 e. The maximum absolute atomic E-state index is 3.09. The molecule has 0 atom stereocenters. The first-order chi connectivity index (χ1) is 4.30. The molecular weight excluding hydrogens is 110 g/mol. The lowest BCUT2D eigenvalue weighted by Gasteiger charge is -2.09. The molecule has 0 unspecified atom stereocenters. The monoisotopic (exact) mass is 121 g/mol. The summed E-state index contributed by atoms with van der Waals surface area (Å²) in [6, 6.07) is 11.0. The van der Waals surface area contributed by atoms with Crippen LogP contribution in [0, 0.1) is 6.07 Å². The highest BCUT2D eigenvalue weighted by atomic mass is 15.1. The molecule has 1 radical (unpaired) electrons. The molecule has 0 bridgehead atoms. The van der Waals surface area contributed by atoms with E-state index in [1.54, 1.807) is 0 Å². The van der Waals surface area contributed by atoms with Gasteiger partial charge in [-0.15, -0.1) is 0 Å². The van der Waals surface area contributed by atoms with Gasteiger partial charge in [-0.25, -0.2) is 0 Å². The Morgan fingerprint density at radius 3 is 2.56 bits per heavy atom. The zero-order chi connectivity index (χ0) is 6.69. The highest BCUT2D eigenvalue weighted by molar-refractivity contribution is 5.42. The summed E-state index contributed by atoms with van der Waals surface area (Å²) in [6.45, 7) is 0. The molecule has 1 aromatic rings. The summed E-state index contributed by atoms with van der Waals surface area (Å²) in [5.41, 5.74) is 1.12. The molecule has 0 saturated carbocycles. The van der Waals surface area contributed by atoms with Crippen LogP contribution in [0.3, 0.4) is 0 Å². The molecule has 0 saturated heterocycles. The molecule has 0 spiro atoms. The van der Waals surface area contributed by atoms with Crippen LogP contribution in [-0.2, 0) is 0 Å². The molecule has 1 heteroatoms. The lowest BCUT2D eigenvalue weighted by atomic mass is 10.3. The summed E-state index contributed by atoms with van der Waals surface area (Å²) >= 11 is 0. The fraction of sp³-hybridized carbons (Fsp3) is 0.250. The molecular formula is C8H11N+. The van der Waals surface area contributed by atoms with Gasteiger partial charge in [0.05, 0.1) is 0 Å². The van der Waals surface area contributed by atoms with E-state index in [1.165, 1.54) is 0 Å². The fourth-order valence-electron chi connectivity index (χ4n) is 0.662. The number of hydrogen-bond donors (Lipinski definition) is 0. The van der Waals surface area contributed by atoms with Gasteiger partial charge in [0.25, 0.3) is 0 Å². The molecule has 1 nitrogen and oxygen atoms in total. The zero-order valence-electron chi connectivity index (χ0n) is 6.76. The second kappa shape index (κ2) is 2.53. The maximum Gasteiger partial charge on any atom is 1.00 e. The molecule has 47 valence electrons. The molecule has 9 heavy (non-hydrogen) atoms. The van der Waals surface area contributed by atoms with E-state index in [2.05, 4.69) is 6.07 Å². The quantitative estimate of drug-likeness (QED) is 0.546. The van der Waals surface area contributed by atoms with Gasteiger partial charge in [-0.3, -0.25) is 0 Å².